The number of aromatic hydroxyl groups is 1. The molecule has 3 aromatic rings. The van der Waals surface area contributed by atoms with E-state index in [9.17, 15) is 20.0 Å². The molecule has 2 aromatic carbocycles. The zero-order valence-electron chi connectivity index (χ0n) is 13.3. The topological polar surface area (TPSA) is 118 Å². The van der Waals surface area contributed by atoms with Crippen molar-refractivity contribution in [1.29, 1.82) is 0 Å². The summed E-state index contributed by atoms with van der Waals surface area (Å²) < 4.78 is 5.53. The van der Waals surface area contributed by atoms with Gasteiger partial charge in [-0.05, 0) is 42.5 Å². The minimum Gasteiger partial charge on any atom is -0.508 e. The summed E-state index contributed by atoms with van der Waals surface area (Å²) in [6.45, 7) is 0. The molecule has 0 unspecified atom stereocenters. The maximum atomic E-state index is 11.9. The number of benzene rings is 2. The fraction of sp³-hybridized carbons (Fsp3) is 0. The largest absolute Gasteiger partial charge is 0.508 e. The first-order chi connectivity index (χ1) is 12.5. The molecular weight excluding hydrogens is 338 g/mol. The van der Waals surface area contributed by atoms with E-state index >= 15 is 0 Å². The van der Waals surface area contributed by atoms with E-state index in [2.05, 4.69) is 10.5 Å². The third kappa shape index (κ3) is 3.75. The van der Waals surface area contributed by atoms with Gasteiger partial charge in [-0.1, -0.05) is 12.1 Å². The summed E-state index contributed by atoms with van der Waals surface area (Å²) in [5.74, 6) is 0.252. The molecule has 0 aliphatic carbocycles. The number of nitrogens with zero attached hydrogens (tertiary/aromatic N) is 2. The predicted molar refractivity (Wildman–Crippen MR) is 94.0 cm³/mol. The Morgan fingerprint density at radius 1 is 1.12 bits per heavy atom. The standard InChI is InChI=1S/C18H13N3O5/c22-13-7-5-12(6-8-13)18(23)20-19-11-14-9-10-17(26-14)15-3-1-2-4-16(15)21(24)25/h1-11,22H,(H,20,23)/b19-11-. The van der Waals surface area contributed by atoms with Gasteiger partial charge in [-0.15, -0.1) is 0 Å². The number of hydrogen-bond acceptors (Lipinski definition) is 6. The van der Waals surface area contributed by atoms with Crippen molar-refractivity contribution in [1.82, 2.24) is 5.43 Å². The number of furan rings is 1. The van der Waals surface area contributed by atoms with E-state index in [4.69, 9.17) is 4.42 Å². The molecule has 8 nitrogen and oxygen atoms in total. The molecule has 0 aliphatic heterocycles. The van der Waals surface area contributed by atoms with Crippen LogP contribution in [0.1, 0.15) is 16.1 Å². The number of para-hydroxylation sites is 1. The van der Waals surface area contributed by atoms with Crippen LogP contribution in [0.4, 0.5) is 5.69 Å². The number of nitrogens with one attached hydrogen (secondary N) is 1. The molecular formula is C18H13N3O5. The van der Waals surface area contributed by atoms with Crippen molar-refractivity contribution in [2.75, 3.05) is 0 Å². The normalized spacial score (nSPS) is 10.8. The van der Waals surface area contributed by atoms with E-state index in [-0.39, 0.29) is 11.4 Å². The minimum atomic E-state index is -0.483. The van der Waals surface area contributed by atoms with Crippen LogP contribution in [0.15, 0.2) is 70.2 Å². The van der Waals surface area contributed by atoms with E-state index in [0.717, 1.165) is 0 Å². The Kier molecular flexibility index (Phi) is 4.75. The van der Waals surface area contributed by atoms with Gasteiger partial charge in [0.05, 0.1) is 16.7 Å². The summed E-state index contributed by atoms with van der Waals surface area (Å²) in [7, 11) is 0. The van der Waals surface area contributed by atoms with Crippen LogP contribution in [0.5, 0.6) is 5.75 Å². The van der Waals surface area contributed by atoms with Crippen molar-refractivity contribution in [3.8, 4) is 17.1 Å². The van der Waals surface area contributed by atoms with Gasteiger partial charge in [-0.25, -0.2) is 5.43 Å². The highest BCUT2D eigenvalue weighted by atomic mass is 16.6. The molecule has 2 N–H and O–H groups in total. The molecule has 8 heteroatoms. The fourth-order valence-corrected chi connectivity index (χ4v) is 2.24. The Labute approximate surface area is 147 Å². The van der Waals surface area contributed by atoms with Gasteiger partial charge in [0.2, 0.25) is 0 Å². The van der Waals surface area contributed by atoms with Crippen molar-refractivity contribution < 1.29 is 19.2 Å². The zero-order valence-corrected chi connectivity index (χ0v) is 13.3. The molecule has 0 saturated heterocycles. The Balaban J connectivity index is 1.71. The van der Waals surface area contributed by atoms with Gasteiger partial charge in [0.1, 0.15) is 17.3 Å². The smallest absolute Gasteiger partial charge is 0.280 e. The second-order valence-electron chi connectivity index (χ2n) is 5.22. The van der Waals surface area contributed by atoms with Gasteiger partial charge in [-0.2, -0.15) is 5.10 Å². The highest BCUT2D eigenvalue weighted by Crippen LogP contribution is 2.30. The first kappa shape index (κ1) is 16.9. The van der Waals surface area contributed by atoms with E-state index in [0.29, 0.717) is 22.6 Å². The number of carbonyl (C=O) groups is 1. The fourth-order valence-electron chi connectivity index (χ4n) is 2.24. The molecule has 3 rings (SSSR count). The Bertz CT molecular complexity index is 977. The average Bonchev–Trinajstić information content (AvgIpc) is 3.11. The summed E-state index contributed by atoms with van der Waals surface area (Å²) >= 11 is 0. The lowest BCUT2D eigenvalue weighted by atomic mass is 10.1. The third-order valence-electron chi connectivity index (χ3n) is 3.48. The van der Waals surface area contributed by atoms with Gasteiger partial charge >= 0.3 is 0 Å². The number of rotatable bonds is 5. The highest BCUT2D eigenvalue weighted by molar-refractivity contribution is 5.94. The number of amides is 1. The van der Waals surface area contributed by atoms with E-state index in [1.54, 1.807) is 30.3 Å². The molecule has 130 valence electrons. The molecule has 0 radical (unpaired) electrons. The number of phenols is 1. The number of hydrogen-bond donors (Lipinski definition) is 2. The molecule has 26 heavy (non-hydrogen) atoms. The molecule has 1 aromatic heterocycles. The van der Waals surface area contributed by atoms with Crippen molar-refractivity contribution >= 4 is 17.8 Å². The molecule has 0 bridgehead atoms. The van der Waals surface area contributed by atoms with Crippen LogP contribution in [0.25, 0.3) is 11.3 Å². The predicted octanol–water partition coefficient (Wildman–Crippen LogP) is 3.32. The Morgan fingerprint density at radius 2 is 1.85 bits per heavy atom. The monoisotopic (exact) mass is 351 g/mol. The molecule has 0 spiro atoms. The van der Waals surface area contributed by atoms with Gasteiger partial charge in [0.25, 0.3) is 11.6 Å². The number of carbonyl (C=O) groups excluding carboxylic acids is 1. The molecule has 0 aliphatic rings. The number of nitro groups is 1. The Morgan fingerprint density at radius 3 is 2.58 bits per heavy atom. The Hall–Kier alpha value is -3.94. The van der Waals surface area contributed by atoms with Crippen LogP contribution in [0, 0.1) is 10.1 Å². The zero-order chi connectivity index (χ0) is 18.5. The molecule has 0 saturated carbocycles. The van der Waals surface area contributed by atoms with E-state index < -0.39 is 10.8 Å². The van der Waals surface area contributed by atoms with Gasteiger partial charge in [0, 0.05) is 11.6 Å². The molecule has 0 atom stereocenters. The highest BCUT2D eigenvalue weighted by Gasteiger charge is 2.16. The van der Waals surface area contributed by atoms with Crippen LogP contribution >= 0.6 is 0 Å². The van der Waals surface area contributed by atoms with E-state index in [1.807, 2.05) is 0 Å². The van der Waals surface area contributed by atoms with Crippen molar-refractivity contribution in [2.24, 2.45) is 5.10 Å². The van der Waals surface area contributed by atoms with Crippen LogP contribution in [0.3, 0.4) is 0 Å². The SMILES string of the molecule is O=C(N/N=C\c1ccc(-c2ccccc2[N+](=O)[O-])o1)c1ccc(O)cc1. The summed E-state index contributed by atoms with van der Waals surface area (Å²) in [6.07, 6.45) is 1.29. The second-order valence-corrected chi connectivity index (χ2v) is 5.22. The quantitative estimate of drug-likeness (QED) is 0.415. The number of hydrazone groups is 1. The maximum absolute atomic E-state index is 11.9. The number of phenolic OH excluding ortho intramolecular Hbond substituents is 1. The lowest BCUT2D eigenvalue weighted by molar-refractivity contribution is -0.384. The van der Waals surface area contributed by atoms with E-state index in [1.165, 1.54) is 36.5 Å². The van der Waals surface area contributed by atoms with Gasteiger partial charge < -0.3 is 9.52 Å². The average molecular weight is 351 g/mol. The third-order valence-corrected chi connectivity index (χ3v) is 3.48. The summed E-state index contributed by atoms with van der Waals surface area (Å²) in [5, 5.41) is 24.1. The van der Waals surface area contributed by atoms with Gasteiger partial charge in [0.15, 0.2) is 0 Å². The number of nitro benzene ring substituents is 1. The van der Waals surface area contributed by atoms with Crippen LogP contribution < -0.4 is 5.43 Å². The summed E-state index contributed by atoms with van der Waals surface area (Å²) in [6, 6.07) is 15.1. The van der Waals surface area contributed by atoms with Crippen LogP contribution in [-0.4, -0.2) is 22.2 Å². The van der Waals surface area contributed by atoms with Crippen molar-refractivity contribution in [2.45, 2.75) is 0 Å². The van der Waals surface area contributed by atoms with Gasteiger partial charge in [-0.3, -0.25) is 14.9 Å². The van der Waals surface area contributed by atoms with Crippen LogP contribution in [0.2, 0.25) is 0 Å². The lowest BCUT2D eigenvalue weighted by Crippen LogP contribution is -2.17. The van der Waals surface area contributed by atoms with Crippen molar-refractivity contribution in [3.05, 3.63) is 82.1 Å². The van der Waals surface area contributed by atoms with Crippen LogP contribution in [-0.2, 0) is 0 Å². The minimum absolute atomic E-state index is 0.0585. The van der Waals surface area contributed by atoms with Crippen molar-refractivity contribution in [3.63, 3.8) is 0 Å². The molecule has 1 amide bonds. The molecule has 0 fully saturated rings. The summed E-state index contributed by atoms with van der Waals surface area (Å²) in [4.78, 5) is 22.5. The first-order valence-corrected chi connectivity index (χ1v) is 7.50. The molecule has 1 heterocycles. The lowest BCUT2D eigenvalue weighted by Gasteiger charge is -1.99. The maximum Gasteiger partial charge on any atom is 0.280 e. The second kappa shape index (κ2) is 7.31. The summed E-state index contributed by atoms with van der Waals surface area (Å²) in [5.41, 5.74) is 2.95. The first-order valence-electron chi connectivity index (χ1n) is 7.50.